The van der Waals surface area contributed by atoms with Gasteiger partial charge in [0.15, 0.2) is 11.3 Å². The molecular weight excluding hydrogens is 326 g/mol. The molecular formula is C22H31NO3. The molecule has 0 spiro atoms. The van der Waals surface area contributed by atoms with Gasteiger partial charge in [0.05, 0.1) is 6.10 Å². The number of aryl methyl sites for hydroxylation is 3. The van der Waals surface area contributed by atoms with Gasteiger partial charge in [-0.25, -0.2) is 0 Å². The van der Waals surface area contributed by atoms with E-state index in [1.807, 2.05) is 6.92 Å². The van der Waals surface area contributed by atoms with E-state index in [9.17, 15) is 4.79 Å². The van der Waals surface area contributed by atoms with Crippen LogP contribution in [0.15, 0.2) is 41.2 Å². The van der Waals surface area contributed by atoms with E-state index in [-0.39, 0.29) is 11.5 Å². The summed E-state index contributed by atoms with van der Waals surface area (Å²) in [5, 5.41) is 0. The van der Waals surface area contributed by atoms with Crippen molar-refractivity contribution in [1.29, 1.82) is 0 Å². The quantitative estimate of drug-likeness (QED) is 0.652. The van der Waals surface area contributed by atoms with E-state index < -0.39 is 0 Å². The van der Waals surface area contributed by atoms with Crippen molar-refractivity contribution < 1.29 is 9.47 Å². The Morgan fingerprint density at radius 3 is 2.27 bits per heavy atom. The molecule has 4 heteroatoms. The standard InChI is InChI=1S/C22H31NO3/c1-4-7-17-8-10-18(11-9-17)12-13-19-14-20(24)15-22(23-19)26-16-21(5-2)25-6-3/h8-11,14-15,21H,4-7,12-13,16H2,1-3H3,(H,23,24). The predicted molar refractivity (Wildman–Crippen MR) is 106 cm³/mol. The van der Waals surface area contributed by atoms with E-state index in [0.717, 1.165) is 37.8 Å². The second-order valence-electron chi connectivity index (χ2n) is 6.57. The second-order valence-corrected chi connectivity index (χ2v) is 6.57. The summed E-state index contributed by atoms with van der Waals surface area (Å²) < 4.78 is 11.3. The average Bonchev–Trinajstić information content (AvgIpc) is 2.64. The van der Waals surface area contributed by atoms with Crippen LogP contribution in [0, 0.1) is 0 Å². The van der Waals surface area contributed by atoms with Crippen LogP contribution in [-0.4, -0.2) is 24.3 Å². The van der Waals surface area contributed by atoms with Gasteiger partial charge in [-0.05, 0) is 43.7 Å². The molecule has 1 unspecified atom stereocenters. The molecule has 0 bridgehead atoms. The third-order valence-electron chi connectivity index (χ3n) is 4.40. The van der Waals surface area contributed by atoms with E-state index in [0.29, 0.717) is 19.1 Å². The molecule has 4 nitrogen and oxygen atoms in total. The number of nitrogens with one attached hydrogen (secondary N) is 1. The highest BCUT2D eigenvalue weighted by Crippen LogP contribution is 2.11. The molecule has 1 N–H and O–H groups in total. The van der Waals surface area contributed by atoms with Crippen molar-refractivity contribution in [1.82, 2.24) is 4.98 Å². The number of rotatable bonds is 11. The van der Waals surface area contributed by atoms with Gasteiger partial charge < -0.3 is 14.5 Å². The van der Waals surface area contributed by atoms with Crippen molar-refractivity contribution in [2.45, 2.75) is 59.0 Å². The van der Waals surface area contributed by atoms with Gasteiger partial charge in [-0.1, -0.05) is 44.5 Å². The molecule has 2 aromatic rings. The number of hydrogen-bond donors (Lipinski definition) is 1. The summed E-state index contributed by atoms with van der Waals surface area (Å²) >= 11 is 0. The largest absolute Gasteiger partial charge is 0.476 e. The van der Waals surface area contributed by atoms with Crippen LogP contribution in [0.3, 0.4) is 0 Å². The van der Waals surface area contributed by atoms with Gasteiger partial charge >= 0.3 is 0 Å². The summed E-state index contributed by atoms with van der Waals surface area (Å²) in [5.41, 5.74) is 3.52. The Morgan fingerprint density at radius 2 is 1.65 bits per heavy atom. The van der Waals surface area contributed by atoms with Crippen LogP contribution in [0.25, 0.3) is 0 Å². The van der Waals surface area contributed by atoms with Crippen molar-refractivity contribution in [3.05, 3.63) is 63.4 Å². The molecule has 0 saturated carbocycles. The van der Waals surface area contributed by atoms with Gasteiger partial charge in [0.2, 0.25) is 0 Å². The molecule has 0 aliphatic carbocycles. The van der Waals surface area contributed by atoms with Gasteiger partial charge in [0.25, 0.3) is 0 Å². The molecule has 0 radical (unpaired) electrons. The van der Waals surface area contributed by atoms with Gasteiger partial charge in [-0.2, -0.15) is 0 Å². The number of aromatic nitrogens is 1. The first-order valence-electron chi connectivity index (χ1n) is 9.70. The smallest absolute Gasteiger partial charge is 0.194 e. The maximum atomic E-state index is 11.9. The van der Waals surface area contributed by atoms with Crippen LogP contribution in [0.1, 0.15) is 50.4 Å². The molecule has 2 rings (SSSR count). The topological polar surface area (TPSA) is 51.3 Å². The van der Waals surface area contributed by atoms with Crippen LogP contribution in [0.4, 0.5) is 0 Å². The zero-order valence-electron chi connectivity index (χ0n) is 16.2. The number of H-pyrrole nitrogens is 1. The Bertz CT molecular complexity index is 706. The normalized spacial score (nSPS) is 12.1. The first kappa shape index (κ1) is 20.2. The van der Waals surface area contributed by atoms with Crippen molar-refractivity contribution in [2.75, 3.05) is 13.2 Å². The van der Waals surface area contributed by atoms with Crippen LogP contribution in [0.5, 0.6) is 5.88 Å². The minimum Gasteiger partial charge on any atom is -0.476 e. The Hall–Kier alpha value is -2.07. The lowest BCUT2D eigenvalue weighted by Gasteiger charge is -2.16. The van der Waals surface area contributed by atoms with Crippen molar-refractivity contribution in [2.24, 2.45) is 0 Å². The lowest BCUT2D eigenvalue weighted by atomic mass is 10.0. The third kappa shape index (κ3) is 6.68. The fourth-order valence-corrected chi connectivity index (χ4v) is 2.93. The number of pyridine rings is 1. The number of benzene rings is 1. The monoisotopic (exact) mass is 357 g/mol. The molecule has 1 heterocycles. The molecule has 0 fully saturated rings. The summed E-state index contributed by atoms with van der Waals surface area (Å²) in [7, 11) is 0. The van der Waals surface area contributed by atoms with Crippen LogP contribution < -0.4 is 10.2 Å². The highest BCUT2D eigenvalue weighted by molar-refractivity contribution is 5.24. The molecule has 1 atom stereocenters. The summed E-state index contributed by atoms with van der Waals surface area (Å²) in [4.78, 5) is 15.2. The molecule has 142 valence electrons. The van der Waals surface area contributed by atoms with E-state index in [4.69, 9.17) is 9.47 Å². The summed E-state index contributed by atoms with van der Waals surface area (Å²) in [6.07, 6.45) is 4.88. The zero-order valence-corrected chi connectivity index (χ0v) is 16.2. The molecule has 0 aliphatic rings. The zero-order chi connectivity index (χ0) is 18.8. The maximum absolute atomic E-state index is 11.9. The second kappa shape index (κ2) is 10.8. The van der Waals surface area contributed by atoms with Crippen molar-refractivity contribution >= 4 is 0 Å². The highest BCUT2D eigenvalue weighted by atomic mass is 16.5. The summed E-state index contributed by atoms with van der Waals surface area (Å²) in [6, 6.07) is 11.9. The molecule has 0 amide bonds. The maximum Gasteiger partial charge on any atom is 0.194 e. The minimum absolute atomic E-state index is 0.0310. The number of hydrogen-bond acceptors (Lipinski definition) is 3. The van der Waals surface area contributed by atoms with Crippen molar-refractivity contribution in [3.63, 3.8) is 0 Å². The Balaban J connectivity index is 1.94. The minimum atomic E-state index is -0.0310. The molecule has 1 aromatic heterocycles. The predicted octanol–water partition coefficient (Wildman–Crippen LogP) is 4.31. The van der Waals surface area contributed by atoms with Crippen LogP contribution in [-0.2, 0) is 24.0 Å². The van der Waals surface area contributed by atoms with E-state index in [1.54, 1.807) is 6.07 Å². The Kier molecular flexibility index (Phi) is 8.42. The molecule has 1 aromatic carbocycles. The van der Waals surface area contributed by atoms with E-state index in [1.165, 1.54) is 17.2 Å². The van der Waals surface area contributed by atoms with Gasteiger partial charge in [-0.15, -0.1) is 0 Å². The fraction of sp³-hybridized carbons (Fsp3) is 0.500. The van der Waals surface area contributed by atoms with Crippen molar-refractivity contribution in [3.8, 4) is 5.88 Å². The number of aromatic amines is 1. The Labute approximate surface area is 156 Å². The molecule has 0 saturated heterocycles. The van der Waals surface area contributed by atoms with Gasteiger partial charge in [0.1, 0.15) is 6.61 Å². The third-order valence-corrected chi connectivity index (χ3v) is 4.40. The van der Waals surface area contributed by atoms with Crippen LogP contribution in [0.2, 0.25) is 0 Å². The molecule has 26 heavy (non-hydrogen) atoms. The van der Waals surface area contributed by atoms with Gasteiger partial charge in [-0.3, -0.25) is 4.79 Å². The average molecular weight is 357 g/mol. The number of ether oxygens (including phenoxy) is 2. The SMILES string of the molecule is CCCc1ccc(CCc2cc(=O)cc(OCC(CC)OCC)[nH]2)cc1. The summed E-state index contributed by atoms with van der Waals surface area (Å²) in [5.74, 6) is 0.518. The summed E-state index contributed by atoms with van der Waals surface area (Å²) in [6.45, 7) is 7.34. The van der Waals surface area contributed by atoms with E-state index >= 15 is 0 Å². The molecule has 0 aliphatic heterocycles. The first-order valence-corrected chi connectivity index (χ1v) is 9.70. The van der Waals surface area contributed by atoms with Gasteiger partial charge in [0, 0.05) is 24.4 Å². The van der Waals surface area contributed by atoms with Crippen LogP contribution >= 0.6 is 0 Å². The first-order chi connectivity index (χ1) is 12.6. The van der Waals surface area contributed by atoms with E-state index in [2.05, 4.69) is 43.1 Å². The highest BCUT2D eigenvalue weighted by Gasteiger charge is 2.08. The lowest BCUT2D eigenvalue weighted by Crippen LogP contribution is -2.21. The fourth-order valence-electron chi connectivity index (χ4n) is 2.93. The lowest BCUT2D eigenvalue weighted by molar-refractivity contribution is 0.0243. The Morgan fingerprint density at radius 1 is 0.962 bits per heavy atom.